The van der Waals surface area contributed by atoms with Crippen molar-refractivity contribution < 1.29 is 5.11 Å². The van der Waals surface area contributed by atoms with Gasteiger partial charge in [-0.05, 0) is 31.2 Å². The summed E-state index contributed by atoms with van der Waals surface area (Å²) in [5.41, 5.74) is 0.753. The molecule has 0 saturated heterocycles. The molecule has 2 rings (SSSR count). The van der Waals surface area contributed by atoms with Gasteiger partial charge in [0.05, 0.1) is 5.02 Å². The number of phenolic OH excluding ortho intramolecular Hbond substituents is 1. The second-order valence-electron chi connectivity index (χ2n) is 4.74. The number of thioether (sulfide) groups is 1. The van der Waals surface area contributed by atoms with Crippen LogP contribution in [-0.4, -0.2) is 22.7 Å². The molecule has 0 unspecified atom stereocenters. The summed E-state index contributed by atoms with van der Waals surface area (Å²) < 4.78 is 0.387. The number of nitrogens with one attached hydrogen (secondary N) is 1. The number of benzene rings is 1. The lowest BCUT2D eigenvalue weighted by atomic mass is 9.84. The zero-order valence-corrected chi connectivity index (χ0v) is 12.6. The molecule has 0 heterocycles. The number of hydrogen-bond donors (Lipinski definition) is 2. The van der Waals surface area contributed by atoms with E-state index in [1.807, 2.05) is 11.8 Å². The molecule has 0 aliphatic heterocycles. The van der Waals surface area contributed by atoms with Crippen molar-refractivity contribution in [2.45, 2.75) is 30.6 Å². The fourth-order valence-electron chi connectivity index (χ4n) is 2.20. The van der Waals surface area contributed by atoms with Gasteiger partial charge in [-0.25, -0.2) is 0 Å². The summed E-state index contributed by atoms with van der Waals surface area (Å²) >= 11 is 13.7. The van der Waals surface area contributed by atoms with Crippen molar-refractivity contribution in [3.63, 3.8) is 0 Å². The van der Waals surface area contributed by atoms with Crippen LogP contribution in [0.1, 0.15) is 24.8 Å². The predicted molar refractivity (Wildman–Crippen MR) is 79.9 cm³/mol. The molecule has 0 aromatic heterocycles. The van der Waals surface area contributed by atoms with Crippen LogP contribution in [0, 0.1) is 0 Å². The van der Waals surface area contributed by atoms with Crippen molar-refractivity contribution in [2.24, 2.45) is 0 Å². The van der Waals surface area contributed by atoms with Crippen molar-refractivity contribution in [2.75, 3.05) is 12.8 Å². The monoisotopic (exact) mass is 305 g/mol. The van der Waals surface area contributed by atoms with Crippen molar-refractivity contribution in [1.82, 2.24) is 5.32 Å². The molecule has 0 bridgehead atoms. The summed E-state index contributed by atoms with van der Waals surface area (Å²) in [4.78, 5) is 0. The Kier molecular flexibility index (Phi) is 4.70. The van der Waals surface area contributed by atoms with Gasteiger partial charge in [-0.2, -0.15) is 11.8 Å². The highest BCUT2D eigenvalue weighted by atomic mass is 35.5. The third-order valence-corrected chi connectivity index (χ3v) is 5.49. The Morgan fingerprint density at radius 3 is 2.67 bits per heavy atom. The molecular formula is C13H17Cl2NOS. The zero-order chi connectivity index (χ0) is 13.2. The van der Waals surface area contributed by atoms with Crippen molar-refractivity contribution in [3.8, 4) is 5.75 Å². The Labute approximate surface area is 122 Å². The van der Waals surface area contributed by atoms with E-state index in [-0.39, 0.29) is 5.75 Å². The van der Waals surface area contributed by atoms with E-state index in [4.69, 9.17) is 23.2 Å². The first kappa shape index (κ1) is 14.3. The summed E-state index contributed by atoms with van der Waals surface area (Å²) in [5.74, 6) is 0.125. The maximum atomic E-state index is 9.84. The third kappa shape index (κ3) is 3.08. The van der Waals surface area contributed by atoms with E-state index in [9.17, 15) is 5.11 Å². The van der Waals surface area contributed by atoms with Crippen LogP contribution in [-0.2, 0) is 6.54 Å². The van der Waals surface area contributed by atoms with E-state index in [0.29, 0.717) is 21.3 Å². The van der Waals surface area contributed by atoms with E-state index < -0.39 is 0 Å². The maximum absolute atomic E-state index is 9.84. The first-order valence-corrected chi connectivity index (χ1v) is 7.97. The molecule has 0 radical (unpaired) electrons. The lowest BCUT2D eigenvalue weighted by molar-refractivity contribution is 0.344. The van der Waals surface area contributed by atoms with Crippen LogP contribution >= 0.6 is 35.0 Å². The van der Waals surface area contributed by atoms with Gasteiger partial charge < -0.3 is 10.4 Å². The van der Waals surface area contributed by atoms with Crippen molar-refractivity contribution in [3.05, 3.63) is 27.7 Å². The standard InChI is InChI=1S/C13H17Cl2NOS/c1-18-13(3-2-4-13)8-16-7-9-5-10(14)6-11(15)12(9)17/h5-6,16-17H,2-4,7-8H2,1H3. The average molecular weight is 306 g/mol. The molecule has 1 saturated carbocycles. The first-order chi connectivity index (χ1) is 8.56. The molecule has 2 N–H and O–H groups in total. The van der Waals surface area contributed by atoms with Crippen LogP contribution < -0.4 is 5.32 Å². The Morgan fingerprint density at radius 1 is 1.39 bits per heavy atom. The number of phenols is 1. The van der Waals surface area contributed by atoms with E-state index in [1.165, 1.54) is 19.3 Å². The topological polar surface area (TPSA) is 32.3 Å². The van der Waals surface area contributed by atoms with Gasteiger partial charge in [0.25, 0.3) is 0 Å². The average Bonchev–Trinajstić information content (AvgIpc) is 2.28. The summed E-state index contributed by atoms with van der Waals surface area (Å²) in [5, 5.41) is 14.1. The van der Waals surface area contributed by atoms with Gasteiger partial charge in [0.2, 0.25) is 0 Å². The minimum atomic E-state index is 0.125. The lowest BCUT2D eigenvalue weighted by Crippen LogP contribution is -2.43. The highest BCUT2D eigenvalue weighted by molar-refractivity contribution is 8.00. The molecule has 0 atom stereocenters. The smallest absolute Gasteiger partial charge is 0.138 e. The second kappa shape index (κ2) is 5.91. The maximum Gasteiger partial charge on any atom is 0.138 e. The summed E-state index contributed by atoms with van der Waals surface area (Å²) in [6.07, 6.45) is 6.01. The number of aromatic hydroxyl groups is 1. The third-order valence-electron chi connectivity index (χ3n) is 3.57. The van der Waals surface area contributed by atoms with Crippen LogP contribution in [0.15, 0.2) is 12.1 Å². The molecule has 1 aromatic rings. The van der Waals surface area contributed by atoms with Gasteiger partial charge in [0, 0.05) is 28.4 Å². The molecule has 0 spiro atoms. The lowest BCUT2D eigenvalue weighted by Gasteiger charge is -2.40. The van der Waals surface area contributed by atoms with Gasteiger partial charge >= 0.3 is 0 Å². The van der Waals surface area contributed by atoms with Crippen molar-refractivity contribution >= 4 is 35.0 Å². The summed E-state index contributed by atoms with van der Waals surface area (Å²) in [6, 6.07) is 3.31. The molecule has 1 fully saturated rings. The SMILES string of the molecule is CSC1(CNCc2cc(Cl)cc(Cl)c2O)CCC1. The predicted octanol–water partition coefficient (Wildman–Crippen LogP) is 4.07. The Balaban J connectivity index is 1.94. The minimum Gasteiger partial charge on any atom is -0.506 e. The number of rotatable bonds is 5. The number of halogens is 2. The van der Waals surface area contributed by atoms with Gasteiger partial charge in [0.15, 0.2) is 0 Å². The van der Waals surface area contributed by atoms with Crippen LogP contribution in [0.3, 0.4) is 0 Å². The van der Waals surface area contributed by atoms with Gasteiger partial charge in [0.1, 0.15) is 5.75 Å². The van der Waals surface area contributed by atoms with Crippen molar-refractivity contribution in [1.29, 1.82) is 0 Å². The van der Waals surface area contributed by atoms with Gasteiger partial charge in [-0.3, -0.25) is 0 Å². The molecule has 100 valence electrons. The number of hydrogen-bond acceptors (Lipinski definition) is 3. The highest BCUT2D eigenvalue weighted by Gasteiger charge is 2.35. The van der Waals surface area contributed by atoms with Gasteiger partial charge in [-0.15, -0.1) is 0 Å². The fraction of sp³-hybridized carbons (Fsp3) is 0.538. The minimum absolute atomic E-state index is 0.125. The van der Waals surface area contributed by atoms with E-state index >= 15 is 0 Å². The van der Waals surface area contributed by atoms with E-state index in [1.54, 1.807) is 12.1 Å². The highest BCUT2D eigenvalue weighted by Crippen LogP contribution is 2.42. The Bertz CT molecular complexity index is 430. The van der Waals surface area contributed by atoms with Crippen LogP contribution in [0.2, 0.25) is 10.0 Å². The van der Waals surface area contributed by atoms with Crippen LogP contribution in [0.25, 0.3) is 0 Å². The van der Waals surface area contributed by atoms with E-state index in [2.05, 4.69) is 11.6 Å². The van der Waals surface area contributed by atoms with E-state index in [0.717, 1.165) is 12.1 Å². The second-order valence-corrected chi connectivity index (χ2v) is 6.86. The van der Waals surface area contributed by atoms with Gasteiger partial charge in [-0.1, -0.05) is 29.6 Å². The zero-order valence-electron chi connectivity index (χ0n) is 10.3. The molecule has 18 heavy (non-hydrogen) atoms. The summed E-state index contributed by atoms with van der Waals surface area (Å²) in [6.45, 7) is 1.55. The molecule has 1 aromatic carbocycles. The summed E-state index contributed by atoms with van der Waals surface area (Å²) in [7, 11) is 0. The molecule has 1 aliphatic rings. The molecule has 5 heteroatoms. The van der Waals surface area contributed by atoms with Crippen LogP contribution in [0.4, 0.5) is 0 Å². The first-order valence-electron chi connectivity index (χ1n) is 5.99. The molecule has 2 nitrogen and oxygen atoms in total. The quantitative estimate of drug-likeness (QED) is 0.860. The molecule has 0 amide bonds. The fourth-order valence-corrected chi connectivity index (χ4v) is 3.68. The van der Waals surface area contributed by atoms with Crippen LogP contribution in [0.5, 0.6) is 5.75 Å². The Hall–Kier alpha value is -0.0900. The molecular weight excluding hydrogens is 289 g/mol. The normalized spacial score (nSPS) is 17.5. The molecule has 1 aliphatic carbocycles. The Morgan fingerprint density at radius 2 is 2.11 bits per heavy atom. The largest absolute Gasteiger partial charge is 0.506 e.